The van der Waals surface area contributed by atoms with Crippen LogP contribution in [-0.2, 0) is 24.6 Å². The van der Waals surface area contributed by atoms with Gasteiger partial charge in [-0.25, -0.2) is 4.79 Å². The lowest BCUT2D eigenvalue weighted by molar-refractivity contribution is -0.139. The minimum atomic E-state index is -1.50. The molecule has 4 N–H and O–H groups in total. The fourth-order valence-electron chi connectivity index (χ4n) is 8.26. The minimum absolute atomic E-state index is 0.0665. The van der Waals surface area contributed by atoms with Crippen LogP contribution in [0.15, 0.2) is 82.9 Å². The van der Waals surface area contributed by atoms with Gasteiger partial charge in [0.2, 0.25) is 11.8 Å². The van der Waals surface area contributed by atoms with Gasteiger partial charge in [-0.2, -0.15) is 9.91 Å². The van der Waals surface area contributed by atoms with Crippen molar-refractivity contribution in [1.82, 2.24) is 9.91 Å². The number of imide groups is 4. The number of nitrogens with two attached hydrogens (primary N) is 1. The number of aromatic hydroxyl groups is 1. The summed E-state index contributed by atoms with van der Waals surface area (Å²) in [5.41, 5.74) is 10.4. The molecule has 2 aliphatic carbocycles. The number of hydrazine groups is 1. The average Bonchev–Trinajstić information content (AvgIpc) is 3.44. The molecule has 3 aromatic carbocycles. The summed E-state index contributed by atoms with van der Waals surface area (Å²) >= 11 is 3.43. The number of nitrogens with zero attached hydrogens (tertiary/aromatic N) is 2. The molecule has 3 aromatic rings. The first-order chi connectivity index (χ1) is 22.5. The van der Waals surface area contributed by atoms with E-state index >= 15 is 4.79 Å². The van der Waals surface area contributed by atoms with E-state index in [2.05, 4.69) is 21.4 Å². The number of likely N-dealkylation sites (tertiary alicyclic amines) is 1. The molecule has 6 amide bonds. The van der Waals surface area contributed by atoms with Crippen LogP contribution in [0.3, 0.4) is 0 Å². The van der Waals surface area contributed by atoms with E-state index in [1.165, 1.54) is 7.11 Å². The van der Waals surface area contributed by atoms with E-state index in [9.17, 15) is 24.3 Å². The minimum Gasteiger partial charge on any atom is -0.503 e. The maximum atomic E-state index is 15.1. The Kier molecular flexibility index (Phi) is 7.23. The van der Waals surface area contributed by atoms with Crippen molar-refractivity contribution in [3.05, 3.63) is 99.5 Å². The SMILES string of the molecule is COc1cc([C@H]2C3=CC[C@@H]4C(=O)N(C(N)=O)C(=O)[C@@H]4[C@@H]3C[C@H]3C(=O)N(Nc4ccc(C)cc4)C(=O)[C@@]23c2ccccc2)cc(Br)c1O. The van der Waals surface area contributed by atoms with Crippen LogP contribution in [0, 0.1) is 30.6 Å². The highest BCUT2D eigenvalue weighted by Crippen LogP contribution is 2.64. The summed E-state index contributed by atoms with van der Waals surface area (Å²) in [5, 5.41) is 11.8. The number of nitrogens with one attached hydrogen (secondary N) is 1. The number of primary amides is 1. The van der Waals surface area contributed by atoms with Crippen LogP contribution in [-0.4, -0.2) is 51.8 Å². The number of rotatable bonds is 5. The second-order valence-electron chi connectivity index (χ2n) is 12.5. The van der Waals surface area contributed by atoms with Crippen molar-refractivity contribution in [2.24, 2.45) is 29.4 Å². The number of phenolic OH excluding ortho intramolecular Hbond substituents is 1. The number of halogens is 1. The number of amides is 6. The van der Waals surface area contributed by atoms with E-state index < -0.39 is 64.7 Å². The van der Waals surface area contributed by atoms with Crippen molar-refractivity contribution in [1.29, 1.82) is 0 Å². The Labute approximate surface area is 278 Å². The molecule has 2 saturated heterocycles. The number of anilines is 1. The fourth-order valence-corrected chi connectivity index (χ4v) is 8.72. The van der Waals surface area contributed by atoms with Gasteiger partial charge < -0.3 is 15.6 Å². The van der Waals surface area contributed by atoms with E-state index in [1.54, 1.807) is 36.4 Å². The lowest BCUT2D eigenvalue weighted by atomic mass is 9.49. The van der Waals surface area contributed by atoms with Crippen molar-refractivity contribution in [3.8, 4) is 11.5 Å². The lowest BCUT2D eigenvalue weighted by Crippen LogP contribution is -2.53. The predicted octanol–water partition coefficient (Wildman–Crippen LogP) is 4.54. The topological polar surface area (TPSA) is 159 Å². The summed E-state index contributed by atoms with van der Waals surface area (Å²) in [7, 11) is 1.41. The summed E-state index contributed by atoms with van der Waals surface area (Å²) in [6.07, 6.45) is 2.08. The molecule has 6 atom stereocenters. The summed E-state index contributed by atoms with van der Waals surface area (Å²) < 4.78 is 5.82. The quantitative estimate of drug-likeness (QED) is 0.259. The molecule has 3 fully saturated rings. The van der Waals surface area contributed by atoms with Crippen molar-refractivity contribution in [3.63, 3.8) is 0 Å². The van der Waals surface area contributed by atoms with Gasteiger partial charge in [-0.1, -0.05) is 59.7 Å². The first-order valence-corrected chi connectivity index (χ1v) is 16.0. The Hall–Kier alpha value is -4.97. The maximum Gasteiger partial charge on any atom is 0.328 e. The number of methoxy groups -OCH3 is 1. The molecule has 2 heterocycles. The normalized spacial score (nSPS) is 28.1. The first-order valence-electron chi connectivity index (χ1n) is 15.2. The number of hydrogen-bond donors (Lipinski definition) is 3. The van der Waals surface area contributed by atoms with Gasteiger partial charge in [0.25, 0.3) is 11.8 Å². The fraction of sp³-hybridized carbons (Fsp3) is 0.286. The smallest absolute Gasteiger partial charge is 0.328 e. The van der Waals surface area contributed by atoms with Crippen molar-refractivity contribution >= 4 is 51.3 Å². The zero-order valence-electron chi connectivity index (χ0n) is 25.5. The number of carbonyl (C=O) groups is 5. The number of aryl methyl sites for hydroxylation is 1. The maximum absolute atomic E-state index is 15.1. The number of carbonyl (C=O) groups excluding carboxylic acids is 5. The summed E-state index contributed by atoms with van der Waals surface area (Å²) in [5.74, 6) is -6.61. The van der Waals surface area contributed by atoms with E-state index in [0.717, 1.165) is 10.6 Å². The van der Waals surface area contributed by atoms with E-state index in [0.29, 0.717) is 31.8 Å². The third-order valence-corrected chi connectivity index (χ3v) is 10.8. The molecule has 0 radical (unpaired) electrons. The van der Waals surface area contributed by atoms with Crippen LogP contribution < -0.4 is 15.9 Å². The van der Waals surface area contributed by atoms with Crippen molar-refractivity contribution in [2.45, 2.75) is 31.1 Å². The molecule has 7 rings (SSSR count). The van der Waals surface area contributed by atoms with Crippen LogP contribution in [0.1, 0.15) is 35.4 Å². The molecular weight excluding hydrogens is 668 g/mol. The summed E-state index contributed by atoms with van der Waals surface area (Å²) in [6.45, 7) is 1.93. The highest BCUT2D eigenvalue weighted by Gasteiger charge is 2.70. The molecular formula is C35H31BrN4O7. The largest absolute Gasteiger partial charge is 0.503 e. The van der Waals surface area contributed by atoms with Crippen LogP contribution in [0.25, 0.3) is 0 Å². The van der Waals surface area contributed by atoms with Crippen molar-refractivity contribution in [2.75, 3.05) is 12.5 Å². The van der Waals surface area contributed by atoms with Gasteiger partial charge in [-0.15, -0.1) is 0 Å². The second kappa shape index (κ2) is 11.1. The zero-order valence-corrected chi connectivity index (χ0v) is 27.1. The van der Waals surface area contributed by atoms with Gasteiger partial charge in [0.15, 0.2) is 11.5 Å². The van der Waals surface area contributed by atoms with Gasteiger partial charge in [-0.05, 0) is 77.0 Å². The molecule has 240 valence electrons. The summed E-state index contributed by atoms with van der Waals surface area (Å²) in [6, 6.07) is 18.5. The Bertz CT molecular complexity index is 1900. The molecule has 12 heteroatoms. The van der Waals surface area contributed by atoms with Gasteiger partial charge in [0.1, 0.15) is 0 Å². The number of urea groups is 1. The van der Waals surface area contributed by atoms with Crippen LogP contribution in [0.4, 0.5) is 10.5 Å². The zero-order chi connectivity index (χ0) is 33.4. The number of fused-ring (bicyclic) bond motifs is 4. The van der Waals surface area contributed by atoms with Crippen molar-refractivity contribution < 1.29 is 33.8 Å². The Morgan fingerprint density at radius 3 is 2.36 bits per heavy atom. The number of benzene rings is 3. The molecule has 4 aliphatic rings. The number of ether oxygens (including phenoxy) is 1. The van der Waals surface area contributed by atoms with Gasteiger partial charge in [-0.3, -0.25) is 24.6 Å². The van der Waals surface area contributed by atoms with Crippen LogP contribution >= 0.6 is 15.9 Å². The molecule has 0 unspecified atom stereocenters. The molecule has 0 spiro atoms. The Morgan fingerprint density at radius 2 is 1.70 bits per heavy atom. The highest BCUT2D eigenvalue weighted by molar-refractivity contribution is 9.10. The predicted molar refractivity (Wildman–Crippen MR) is 173 cm³/mol. The number of hydrogen-bond acceptors (Lipinski definition) is 8. The molecule has 11 nitrogen and oxygen atoms in total. The van der Waals surface area contributed by atoms with Crippen LogP contribution in [0.2, 0.25) is 0 Å². The van der Waals surface area contributed by atoms with Gasteiger partial charge >= 0.3 is 6.03 Å². The molecule has 2 aliphatic heterocycles. The second-order valence-corrected chi connectivity index (χ2v) is 13.3. The lowest BCUT2D eigenvalue weighted by Gasteiger charge is -2.50. The Balaban J connectivity index is 1.48. The molecule has 0 aromatic heterocycles. The summed E-state index contributed by atoms with van der Waals surface area (Å²) in [4.78, 5) is 69.5. The standard InChI is InChI=1S/C35H31BrN4O7/c1-17-8-10-20(11-9-17)38-40-31(43)24-16-23-21(12-13-22-27(23)32(44)39(30(22)42)34(37)46)28(18-14-25(36)29(41)26(15-18)47-2)35(24,33(40)45)19-6-4-3-5-7-19/h3-12,14-15,22-24,27-28,38,41H,13,16H2,1-2H3,(H2,37,46)/t22-,23+,24-,27-,28-,35+/m0/s1. The number of allylic oxidation sites excluding steroid dienone is 2. The number of phenols is 1. The molecule has 0 bridgehead atoms. The first kappa shape index (κ1) is 30.7. The van der Waals surface area contributed by atoms with E-state index in [4.69, 9.17) is 10.5 Å². The third kappa shape index (κ3) is 4.34. The molecule has 47 heavy (non-hydrogen) atoms. The average molecular weight is 700 g/mol. The van der Waals surface area contributed by atoms with Crippen LogP contribution in [0.5, 0.6) is 11.5 Å². The third-order valence-electron chi connectivity index (χ3n) is 10.2. The Morgan fingerprint density at radius 1 is 1.00 bits per heavy atom. The van der Waals surface area contributed by atoms with Gasteiger partial charge in [0.05, 0.1) is 40.4 Å². The van der Waals surface area contributed by atoms with Gasteiger partial charge in [0, 0.05) is 5.92 Å². The monoisotopic (exact) mass is 698 g/mol. The molecule has 1 saturated carbocycles. The van der Waals surface area contributed by atoms with E-state index in [1.807, 2.05) is 43.3 Å². The van der Waals surface area contributed by atoms with E-state index in [-0.39, 0.29) is 24.3 Å². The highest BCUT2D eigenvalue weighted by atomic mass is 79.9.